The Morgan fingerprint density at radius 1 is 0.423 bits per heavy atom. The van der Waals surface area contributed by atoms with Crippen LogP contribution < -0.4 is 19.9 Å². The van der Waals surface area contributed by atoms with Gasteiger partial charge in [-0.15, -0.1) is 0 Å². The maximum Gasteiger partial charge on any atom is 0.151 e. The lowest BCUT2D eigenvalue weighted by atomic mass is 9.93. The maximum atomic E-state index is 10.0. The number of aromatic nitrogens is 1. The number of benzene rings is 10. The van der Waals surface area contributed by atoms with Crippen LogP contribution in [0.15, 0.2) is 224 Å². The fourth-order valence-corrected chi connectivity index (χ4v) is 9.92. The second kappa shape index (κ2) is 17.7. The molecule has 2 heterocycles. The lowest BCUT2D eigenvalue weighted by Crippen LogP contribution is -2.17. The third-order valence-corrected chi connectivity index (χ3v) is 13.3. The van der Waals surface area contributed by atoms with Crippen molar-refractivity contribution in [2.75, 3.05) is 15.1 Å². The van der Waals surface area contributed by atoms with Gasteiger partial charge >= 0.3 is 0 Å². The Labute approximate surface area is 412 Å². The van der Waals surface area contributed by atoms with E-state index in [1.54, 1.807) is 0 Å². The van der Waals surface area contributed by atoms with Gasteiger partial charge in [0.05, 0.1) is 57.0 Å². The molecular formula is C64H44N6O. The molecule has 0 atom stereocenters. The van der Waals surface area contributed by atoms with Gasteiger partial charge in [0.15, 0.2) is 11.5 Å². The number of nitrogens with zero attached hydrogens (tertiary/aromatic N) is 5. The van der Waals surface area contributed by atoms with Gasteiger partial charge in [0.1, 0.15) is 0 Å². The molecular weight excluding hydrogens is 869 g/mol. The third-order valence-electron chi connectivity index (χ3n) is 13.3. The van der Waals surface area contributed by atoms with Gasteiger partial charge in [-0.3, -0.25) is 0 Å². The van der Waals surface area contributed by atoms with Crippen molar-refractivity contribution in [3.8, 4) is 51.6 Å². The largest absolute Gasteiger partial charge is 0.453 e. The first-order chi connectivity index (χ1) is 34.9. The van der Waals surface area contributed by atoms with Crippen molar-refractivity contribution < 1.29 is 4.74 Å². The van der Waals surface area contributed by atoms with E-state index in [-0.39, 0.29) is 0 Å². The van der Waals surface area contributed by atoms with Gasteiger partial charge in [0.2, 0.25) is 0 Å². The standard InChI is InChI=1S/C64H44N6O/c1-42-18-32-63-61(34-42)70(62-35-43(2)19-33-64(62)71-63)60-39-53(46-24-20-44(40-65)21-25-46)59(38-54(60)47-26-22-45(41-66)23-27-47)69-57-30-28-49(67-48-12-6-3-7-13-48)36-55(57)56-37-52(29-31-58(56)69)68(50-14-8-4-9-15-50)51-16-10-5-11-17-51/h3-39,67H,1-2H3. The molecule has 1 aromatic heterocycles. The van der Waals surface area contributed by atoms with Gasteiger partial charge in [-0.25, -0.2) is 0 Å². The minimum absolute atomic E-state index is 0.580. The maximum absolute atomic E-state index is 10.0. The van der Waals surface area contributed by atoms with Crippen LogP contribution in [0.25, 0.3) is 49.7 Å². The molecule has 336 valence electrons. The van der Waals surface area contributed by atoms with Crippen molar-refractivity contribution in [2.45, 2.75) is 13.8 Å². The topological polar surface area (TPSA) is 80.3 Å². The predicted molar refractivity (Wildman–Crippen MR) is 290 cm³/mol. The Morgan fingerprint density at radius 3 is 1.46 bits per heavy atom. The lowest BCUT2D eigenvalue weighted by Gasteiger charge is -2.35. The summed E-state index contributed by atoms with van der Waals surface area (Å²) in [5, 5.41) is 25.8. The van der Waals surface area contributed by atoms with Crippen molar-refractivity contribution >= 4 is 67.3 Å². The molecule has 0 bridgehead atoms. The highest BCUT2D eigenvalue weighted by molar-refractivity contribution is 6.13. The molecule has 0 saturated carbocycles. The Morgan fingerprint density at radius 2 is 0.915 bits per heavy atom. The number of para-hydroxylation sites is 3. The molecule has 1 N–H and O–H groups in total. The van der Waals surface area contributed by atoms with Crippen molar-refractivity contribution in [3.63, 3.8) is 0 Å². The van der Waals surface area contributed by atoms with Crippen molar-refractivity contribution in [1.29, 1.82) is 10.5 Å². The predicted octanol–water partition coefficient (Wildman–Crippen LogP) is 17.3. The van der Waals surface area contributed by atoms with Gasteiger partial charge < -0.3 is 24.4 Å². The second-order valence-corrected chi connectivity index (χ2v) is 17.9. The molecule has 0 unspecified atom stereocenters. The van der Waals surface area contributed by atoms with Gasteiger partial charge in [-0.2, -0.15) is 10.5 Å². The smallest absolute Gasteiger partial charge is 0.151 e. The highest BCUT2D eigenvalue weighted by Gasteiger charge is 2.30. The molecule has 7 nitrogen and oxygen atoms in total. The van der Waals surface area contributed by atoms with E-state index in [0.717, 1.165) is 118 Å². The first-order valence-electron chi connectivity index (χ1n) is 23.6. The summed E-state index contributed by atoms with van der Waals surface area (Å²) in [6.45, 7) is 4.20. The fourth-order valence-electron chi connectivity index (χ4n) is 9.92. The third kappa shape index (κ3) is 7.74. The van der Waals surface area contributed by atoms with Gasteiger partial charge in [-0.05, 0) is 170 Å². The molecule has 0 spiro atoms. The number of nitrogens with one attached hydrogen (secondary N) is 1. The summed E-state index contributed by atoms with van der Waals surface area (Å²) in [5.41, 5.74) is 18.0. The van der Waals surface area contributed by atoms with Crippen LogP contribution in [0, 0.1) is 36.5 Å². The van der Waals surface area contributed by atoms with Crippen LogP contribution in [0.1, 0.15) is 22.3 Å². The molecule has 1 aliphatic heterocycles. The molecule has 71 heavy (non-hydrogen) atoms. The average molecular weight is 913 g/mol. The zero-order valence-corrected chi connectivity index (χ0v) is 39.0. The normalized spacial score (nSPS) is 11.6. The summed E-state index contributed by atoms with van der Waals surface area (Å²) in [6, 6.07) is 82.2. The number of fused-ring (bicyclic) bond motifs is 5. The van der Waals surface area contributed by atoms with E-state index >= 15 is 0 Å². The number of hydrogen-bond acceptors (Lipinski definition) is 6. The number of anilines is 8. The van der Waals surface area contributed by atoms with Gasteiger partial charge in [-0.1, -0.05) is 91.0 Å². The SMILES string of the molecule is Cc1ccc2c(c1)N(c1cc(-c3ccc(C#N)cc3)c(-n3c4ccc(Nc5ccccc5)cc4c4cc(N(c5ccccc5)c5ccccc5)ccc43)cc1-c1ccc(C#N)cc1)c1cc(C)ccc1O2. The molecule has 0 fully saturated rings. The quantitative estimate of drug-likeness (QED) is 0.155. The Balaban J connectivity index is 1.18. The van der Waals surface area contributed by atoms with E-state index in [2.05, 4.69) is 179 Å². The van der Waals surface area contributed by atoms with E-state index in [1.807, 2.05) is 91.0 Å². The Hall–Kier alpha value is -9.82. The van der Waals surface area contributed by atoms with Crippen LogP contribution in [-0.4, -0.2) is 4.57 Å². The van der Waals surface area contributed by atoms with Gasteiger partial charge in [0, 0.05) is 50.3 Å². The van der Waals surface area contributed by atoms with Crippen LogP contribution in [0.3, 0.4) is 0 Å². The molecule has 11 aromatic rings. The van der Waals surface area contributed by atoms with E-state index in [0.29, 0.717) is 11.1 Å². The second-order valence-electron chi connectivity index (χ2n) is 17.9. The van der Waals surface area contributed by atoms with Crippen molar-refractivity contribution in [3.05, 3.63) is 247 Å². The number of hydrogen-bond donors (Lipinski definition) is 1. The summed E-state index contributed by atoms with van der Waals surface area (Å²) in [6.07, 6.45) is 0. The molecule has 1 aliphatic rings. The number of nitriles is 2. The molecule has 10 aromatic carbocycles. The minimum atomic E-state index is 0.580. The fraction of sp³-hybridized carbons (Fsp3) is 0.0312. The summed E-state index contributed by atoms with van der Waals surface area (Å²) in [7, 11) is 0. The summed E-state index contributed by atoms with van der Waals surface area (Å²) >= 11 is 0. The highest BCUT2D eigenvalue weighted by atomic mass is 16.5. The van der Waals surface area contributed by atoms with Crippen molar-refractivity contribution in [2.24, 2.45) is 0 Å². The average Bonchev–Trinajstić information content (AvgIpc) is 3.74. The number of aryl methyl sites for hydroxylation is 2. The number of rotatable bonds is 9. The molecule has 0 aliphatic carbocycles. The van der Waals surface area contributed by atoms with Crippen LogP contribution in [0.5, 0.6) is 11.5 Å². The summed E-state index contributed by atoms with van der Waals surface area (Å²) < 4.78 is 9.03. The summed E-state index contributed by atoms with van der Waals surface area (Å²) in [4.78, 5) is 4.62. The monoisotopic (exact) mass is 912 g/mol. The Bertz CT molecular complexity index is 3820. The van der Waals surface area contributed by atoms with E-state index in [4.69, 9.17) is 4.74 Å². The zero-order chi connectivity index (χ0) is 48.0. The van der Waals surface area contributed by atoms with Crippen LogP contribution in [0.2, 0.25) is 0 Å². The van der Waals surface area contributed by atoms with E-state index in [1.165, 1.54) is 0 Å². The molecule has 0 amide bonds. The first kappa shape index (κ1) is 42.5. The minimum Gasteiger partial charge on any atom is -0.453 e. The first-order valence-corrected chi connectivity index (χ1v) is 23.6. The van der Waals surface area contributed by atoms with E-state index < -0.39 is 0 Å². The lowest BCUT2D eigenvalue weighted by molar-refractivity contribution is 0.476. The molecule has 0 saturated heterocycles. The highest BCUT2D eigenvalue weighted by Crippen LogP contribution is 2.55. The molecule has 0 radical (unpaired) electrons. The molecule has 12 rings (SSSR count). The van der Waals surface area contributed by atoms with Crippen LogP contribution in [0.4, 0.5) is 45.5 Å². The zero-order valence-electron chi connectivity index (χ0n) is 39.0. The number of ether oxygens (including phenoxy) is 1. The van der Waals surface area contributed by atoms with Crippen LogP contribution >= 0.6 is 0 Å². The van der Waals surface area contributed by atoms with Crippen molar-refractivity contribution in [1.82, 2.24) is 4.57 Å². The van der Waals surface area contributed by atoms with Gasteiger partial charge in [0.25, 0.3) is 0 Å². The van der Waals surface area contributed by atoms with Crippen LogP contribution in [-0.2, 0) is 0 Å². The summed E-state index contributed by atoms with van der Waals surface area (Å²) in [5.74, 6) is 1.50. The Kier molecular flexibility index (Phi) is 10.6. The molecule has 7 heteroatoms. The van der Waals surface area contributed by atoms with E-state index in [9.17, 15) is 10.5 Å².